The van der Waals surface area contributed by atoms with Crippen molar-refractivity contribution < 1.29 is 23.5 Å². The fraction of sp³-hybridized carbons (Fsp3) is 0.379. The lowest BCUT2D eigenvalue weighted by Crippen LogP contribution is -2.34. The molecule has 0 saturated heterocycles. The number of amides is 1. The van der Waals surface area contributed by atoms with Gasteiger partial charge in [0, 0.05) is 6.42 Å². The molecule has 0 radical (unpaired) electrons. The summed E-state index contributed by atoms with van der Waals surface area (Å²) in [5.74, 6) is 0.833. The van der Waals surface area contributed by atoms with Crippen molar-refractivity contribution in [1.29, 1.82) is 0 Å². The number of carbonyl (C=O) groups is 2. The Bertz CT molecular complexity index is 1260. The van der Waals surface area contributed by atoms with Crippen LogP contribution in [-0.4, -0.2) is 24.6 Å². The Kier molecular flexibility index (Phi) is 6.75. The van der Waals surface area contributed by atoms with Gasteiger partial charge >= 0.3 is 5.97 Å². The zero-order valence-electron chi connectivity index (χ0n) is 21.3. The number of hydrogen-bond acceptors (Lipinski definition) is 5. The lowest BCUT2D eigenvalue weighted by atomic mass is 9.84. The van der Waals surface area contributed by atoms with Crippen LogP contribution in [0.5, 0.6) is 5.75 Å². The van der Waals surface area contributed by atoms with Crippen molar-refractivity contribution in [2.24, 2.45) is 0 Å². The van der Waals surface area contributed by atoms with E-state index >= 15 is 0 Å². The SMILES string of the molecule is COC(=O)[C@H](NC(=O)c1ccc(Cc2c(C)c(C)c3c(c2C)CCC(C)(C)O3)o1)c1ccccc1. The first-order valence-corrected chi connectivity index (χ1v) is 11.9. The summed E-state index contributed by atoms with van der Waals surface area (Å²) in [5, 5.41) is 2.73. The summed E-state index contributed by atoms with van der Waals surface area (Å²) in [6, 6.07) is 11.5. The van der Waals surface area contributed by atoms with Crippen LogP contribution in [0.1, 0.15) is 76.0 Å². The first-order valence-electron chi connectivity index (χ1n) is 11.9. The summed E-state index contributed by atoms with van der Waals surface area (Å²) in [7, 11) is 1.30. The highest BCUT2D eigenvalue weighted by molar-refractivity contribution is 5.94. The van der Waals surface area contributed by atoms with Crippen molar-refractivity contribution in [3.05, 3.63) is 87.4 Å². The molecule has 0 aliphatic carbocycles. The molecule has 1 N–H and O–H groups in total. The van der Waals surface area contributed by atoms with Crippen molar-refractivity contribution >= 4 is 11.9 Å². The lowest BCUT2D eigenvalue weighted by molar-refractivity contribution is -0.143. The molecule has 0 bridgehead atoms. The average molecular weight is 476 g/mol. The number of ether oxygens (including phenoxy) is 2. The third kappa shape index (κ3) is 4.97. The van der Waals surface area contributed by atoms with E-state index in [0.717, 1.165) is 24.2 Å². The van der Waals surface area contributed by atoms with Crippen molar-refractivity contribution in [2.45, 2.75) is 65.5 Å². The number of hydrogen-bond donors (Lipinski definition) is 1. The smallest absolute Gasteiger partial charge is 0.333 e. The second kappa shape index (κ2) is 9.61. The van der Waals surface area contributed by atoms with Crippen LogP contribution in [0, 0.1) is 20.8 Å². The molecule has 1 aliphatic rings. The standard InChI is InChI=1S/C29H33NO5/c1-17-18(2)26-22(14-15-29(4,5)35-26)19(3)23(17)16-21-12-13-24(34-21)27(31)30-25(28(32)33-6)20-10-8-7-9-11-20/h7-13,25H,14-16H2,1-6H3,(H,30,31)/t25-/m1/s1. The zero-order valence-corrected chi connectivity index (χ0v) is 21.3. The summed E-state index contributed by atoms with van der Waals surface area (Å²) in [4.78, 5) is 25.2. The Hall–Kier alpha value is -3.54. The molecule has 184 valence electrons. The topological polar surface area (TPSA) is 77.8 Å². The minimum atomic E-state index is -0.917. The highest BCUT2D eigenvalue weighted by atomic mass is 16.5. The van der Waals surface area contributed by atoms with Crippen LogP contribution < -0.4 is 10.1 Å². The molecule has 1 amide bonds. The zero-order chi connectivity index (χ0) is 25.3. The van der Waals surface area contributed by atoms with E-state index in [-0.39, 0.29) is 11.4 Å². The molecule has 0 fully saturated rings. The molecule has 1 aromatic heterocycles. The summed E-state index contributed by atoms with van der Waals surface area (Å²) >= 11 is 0. The van der Waals surface area contributed by atoms with Crippen molar-refractivity contribution in [3.63, 3.8) is 0 Å². The van der Waals surface area contributed by atoms with Gasteiger partial charge in [-0.1, -0.05) is 30.3 Å². The van der Waals surface area contributed by atoms with Gasteiger partial charge in [-0.2, -0.15) is 0 Å². The molecule has 3 aromatic rings. The van der Waals surface area contributed by atoms with Crippen molar-refractivity contribution in [3.8, 4) is 5.75 Å². The number of benzene rings is 2. The molecule has 4 rings (SSSR count). The third-order valence-electron chi connectivity index (χ3n) is 6.97. The number of nitrogens with one attached hydrogen (secondary N) is 1. The summed E-state index contributed by atoms with van der Waals surface area (Å²) in [5.41, 5.74) is 6.48. The van der Waals surface area contributed by atoms with Gasteiger partial charge in [0.15, 0.2) is 11.8 Å². The van der Waals surface area contributed by atoms with Gasteiger partial charge in [0.05, 0.1) is 7.11 Å². The molecule has 0 spiro atoms. The quantitative estimate of drug-likeness (QED) is 0.474. The van der Waals surface area contributed by atoms with Crippen molar-refractivity contribution in [2.75, 3.05) is 7.11 Å². The number of methoxy groups -OCH3 is 1. The highest BCUT2D eigenvalue weighted by Gasteiger charge is 2.31. The van der Waals surface area contributed by atoms with Gasteiger partial charge in [-0.25, -0.2) is 4.79 Å². The highest BCUT2D eigenvalue weighted by Crippen LogP contribution is 2.41. The number of carbonyl (C=O) groups excluding carboxylic acids is 2. The monoisotopic (exact) mass is 475 g/mol. The van der Waals surface area contributed by atoms with Gasteiger partial charge < -0.3 is 19.2 Å². The van der Waals surface area contributed by atoms with E-state index in [1.54, 1.807) is 30.3 Å². The molecule has 6 nitrogen and oxygen atoms in total. The summed E-state index contributed by atoms with van der Waals surface area (Å²) in [6.45, 7) is 10.6. The molecular formula is C29H33NO5. The van der Waals surface area contributed by atoms with Gasteiger partial charge in [-0.3, -0.25) is 4.79 Å². The predicted octanol–water partition coefficient (Wildman–Crippen LogP) is 5.54. The van der Waals surface area contributed by atoms with Gasteiger partial charge in [0.2, 0.25) is 0 Å². The summed E-state index contributed by atoms with van der Waals surface area (Å²) < 4.78 is 17.2. The minimum absolute atomic E-state index is 0.153. The number of fused-ring (bicyclic) bond motifs is 1. The van der Waals surface area contributed by atoms with Crippen LogP contribution in [0.4, 0.5) is 0 Å². The van der Waals surface area contributed by atoms with E-state index in [1.165, 1.54) is 29.4 Å². The average Bonchev–Trinajstić information content (AvgIpc) is 3.32. The number of furan rings is 1. The fourth-order valence-corrected chi connectivity index (χ4v) is 4.73. The van der Waals surface area contributed by atoms with Gasteiger partial charge in [0.1, 0.15) is 17.1 Å². The van der Waals surface area contributed by atoms with E-state index in [1.807, 2.05) is 12.1 Å². The van der Waals surface area contributed by atoms with E-state index in [2.05, 4.69) is 39.9 Å². The third-order valence-corrected chi connectivity index (χ3v) is 6.97. The minimum Gasteiger partial charge on any atom is -0.487 e. The van der Waals surface area contributed by atoms with Crippen molar-refractivity contribution in [1.82, 2.24) is 5.32 Å². The van der Waals surface area contributed by atoms with E-state index in [0.29, 0.717) is 17.7 Å². The van der Waals surface area contributed by atoms with Crippen LogP contribution in [0.25, 0.3) is 0 Å². The Morgan fingerprint density at radius 2 is 1.74 bits per heavy atom. The van der Waals surface area contributed by atoms with E-state index < -0.39 is 17.9 Å². The first kappa shape index (κ1) is 24.6. The van der Waals surface area contributed by atoms with Crippen LogP contribution in [0.15, 0.2) is 46.9 Å². The van der Waals surface area contributed by atoms with Gasteiger partial charge in [-0.05, 0) is 93.0 Å². The molecule has 35 heavy (non-hydrogen) atoms. The number of rotatable bonds is 6. The van der Waals surface area contributed by atoms with Crippen LogP contribution in [0.3, 0.4) is 0 Å². The largest absolute Gasteiger partial charge is 0.487 e. The molecule has 6 heteroatoms. The van der Waals surface area contributed by atoms with Crippen LogP contribution >= 0.6 is 0 Å². The van der Waals surface area contributed by atoms with Gasteiger partial charge in [-0.15, -0.1) is 0 Å². The molecule has 2 aromatic carbocycles. The van der Waals surface area contributed by atoms with Gasteiger partial charge in [0.25, 0.3) is 5.91 Å². The molecule has 0 saturated carbocycles. The normalized spacial score (nSPS) is 15.0. The Morgan fingerprint density at radius 1 is 1.03 bits per heavy atom. The molecule has 1 atom stereocenters. The molecule has 1 aliphatic heterocycles. The fourth-order valence-electron chi connectivity index (χ4n) is 4.73. The lowest BCUT2D eigenvalue weighted by Gasteiger charge is -2.35. The maximum atomic E-state index is 12.9. The Balaban J connectivity index is 1.56. The second-order valence-electron chi connectivity index (χ2n) is 9.81. The summed E-state index contributed by atoms with van der Waals surface area (Å²) in [6.07, 6.45) is 2.51. The van der Waals surface area contributed by atoms with E-state index in [9.17, 15) is 9.59 Å². The maximum absolute atomic E-state index is 12.9. The maximum Gasteiger partial charge on any atom is 0.333 e. The Morgan fingerprint density at radius 3 is 2.43 bits per heavy atom. The second-order valence-corrected chi connectivity index (χ2v) is 9.81. The predicted molar refractivity (Wildman–Crippen MR) is 134 cm³/mol. The molecular weight excluding hydrogens is 442 g/mol. The Labute approximate surface area is 206 Å². The van der Waals surface area contributed by atoms with Crippen LogP contribution in [-0.2, 0) is 22.4 Å². The van der Waals surface area contributed by atoms with Crippen LogP contribution in [0.2, 0.25) is 0 Å². The first-order chi connectivity index (χ1) is 16.6. The van der Waals surface area contributed by atoms with E-state index in [4.69, 9.17) is 13.9 Å². The molecule has 2 heterocycles. The number of esters is 1. The molecule has 0 unspecified atom stereocenters.